The number of alkyl carbamates (subject to hydrolysis) is 1. The second kappa shape index (κ2) is 14.3. The molecule has 1 saturated heterocycles. The Kier molecular flexibility index (Phi) is 9.81. The zero-order valence-electron chi connectivity index (χ0n) is 25.0. The Balaban J connectivity index is 1.03. The van der Waals surface area contributed by atoms with Crippen molar-refractivity contribution in [2.45, 2.75) is 25.2 Å². The normalized spacial score (nSPS) is 17.5. The number of benzene rings is 2. The second-order valence-corrected chi connectivity index (χ2v) is 11.8. The maximum absolute atomic E-state index is 14.3. The molecule has 13 heteroatoms. The Morgan fingerprint density at radius 1 is 1.09 bits per heavy atom. The molecule has 46 heavy (non-hydrogen) atoms. The number of amides is 2. The first kappa shape index (κ1) is 31.5. The molecule has 2 aliphatic heterocycles. The maximum atomic E-state index is 14.3. The lowest BCUT2D eigenvalue weighted by molar-refractivity contribution is -0.125. The summed E-state index contributed by atoms with van der Waals surface area (Å²) < 4.78 is 45.9. The number of nitrogens with zero attached hydrogens (tertiary/aromatic N) is 3. The highest BCUT2D eigenvalue weighted by Crippen LogP contribution is 2.39. The molecular formula is C33H33F2N5O5S. The van der Waals surface area contributed by atoms with Crippen LogP contribution in [-0.2, 0) is 27.2 Å². The number of hydrogen-bond donors (Lipinski definition) is 2. The number of fused-ring (bicyclic) bond motifs is 2. The van der Waals surface area contributed by atoms with Gasteiger partial charge in [0.2, 0.25) is 5.91 Å². The lowest BCUT2D eigenvalue weighted by Gasteiger charge is -2.18. The van der Waals surface area contributed by atoms with E-state index in [2.05, 4.69) is 45.6 Å². The molecule has 0 saturated carbocycles. The molecule has 2 aromatic heterocycles. The molecule has 2 N–H and O–H groups in total. The molecule has 2 aromatic carbocycles. The minimum absolute atomic E-state index is 0.0319. The summed E-state index contributed by atoms with van der Waals surface area (Å²) in [6, 6.07) is 12.7. The topological polar surface area (TPSA) is 115 Å². The lowest BCUT2D eigenvalue weighted by Crippen LogP contribution is -2.35. The van der Waals surface area contributed by atoms with Crippen molar-refractivity contribution in [2.75, 3.05) is 46.0 Å². The van der Waals surface area contributed by atoms with Gasteiger partial charge in [0, 0.05) is 35.7 Å². The number of likely N-dealkylation sites (tertiary alicyclic amines) is 1. The van der Waals surface area contributed by atoms with E-state index in [0.29, 0.717) is 17.0 Å². The van der Waals surface area contributed by atoms with Gasteiger partial charge in [-0.05, 0) is 59.8 Å². The van der Waals surface area contributed by atoms with E-state index in [-0.39, 0.29) is 39.5 Å². The number of carbonyl (C=O) groups excluding carboxylic acids is 2. The average molecular weight is 650 g/mol. The molecule has 4 aromatic rings. The Labute approximate surface area is 268 Å². The van der Waals surface area contributed by atoms with E-state index in [4.69, 9.17) is 14.2 Å². The van der Waals surface area contributed by atoms with Gasteiger partial charge in [0.15, 0.2) is 12.3 Å². The van der Waals surface area contributed by atoms with Gasteiger partial charge in [0.25, 0.3) is 0 Å². The van der Waals surface area contributed by atoms with E-state index >= 15 is 0 Å². The largest absolute Gasteiger partial charge is 0.490 e. The van der Waals surface area contributed by atoms with E-state index in [1.165, 1.54) is 39.5 Å². The Morgan fingerprint density at radius 2 is 1.96 bits per heavy atom. The van der Waals surface area contributed by atoms with Gasteiger partial charge in [-0.1, -0.05) is 18.7 Å². The van der Waals surface area contributed by atoms with Crippen LogP contribution in [0.25, 0.3) is 32.6 Å². The van der Waals surface area contributed by atoms with Crippen LogP contribution in [0.2, 0.25) is 0 Å². The molecule has 0 aliphatic carbocycles. The van der Waals surface area contributed by atoms with Gasteiger partial charge < -0.3 is 29.7 Å². The number of carbonyl (C=O) groups is 2. The molecule has 2 amide bonds. The molecule has 240 valence electrons. The predicted molar refractivity (Wildman–Crippen MR) is 170 cm³/mol. The first-order valence-electron chi connectivity index (χ1n) is 15.0. The first-order valence-corrected chi connectivity index (χ1v) is 15.9. The predicted octanol–water partition coefficient (Wildman–Crippen LogP) is 4.67. The first-order chi connectivity index (χ1) is 22.4. The summed E-state index contributed by atoms with van der Waals surface area (Å²) in [7, 11) is 0. The Bertz CT molecular complexity index is 1750. The summed E-state index contributed by atoms with van der Waals surface area (Å²) in [6.07, 6.45) is -1.26. The number of hydrogen-bond acceptors (Lipinski definition) is 9. The average Bonchev–Trinajstić information content (AvgIpc) is 3.70. The van der Waals surface area contributed by atoms with Crippen molar-refractivity contribution >= 4 is 33.4 Å². The van der Waals surface area contributed by atoms with E-state index in [9.17, 15) is 18.4 Å². The van der Waals surface area contributed by atoms with Crippen LogP contribution in [0.4, 0.5) is 13.6 Å². The molecule has 1 fully saturated rings. The highest BCUT2D eigenvalue weighted by Gasteiger charge is 2.37. The van der Waals surface area contributed by atoms with Crippen molar-refractivity contribution in [1.29, 1.82) is 0 Å². The fraction of sp³-hybridized carbons (Fsp3) is 0.333. The van der Waals surface area contributed by atoms with Gasteiger partial charge in [-0.3, -0.25) is 4.79 Å². The number of alkyl halides is 1. The van der Waals surface area contributed by atoms with Crippen molar-refractivity contribution in [1.82, 2.24) is 25.7 Å². The van der Waals surface area contributed by atoms with Crippen LogP contribution in [0.15, 0.2) is 60.5 Å². The monoisotopic (exact) mass is 649 g/mol. The van der Waals surface area contributed by atoms with E-state index < -0.39 is 30.1 Å². The minimum Gasteiger partial charge on any atom is -0.490 e. The molecule has 6 rings (SSSR count). The van der Waals surface area contributed by atoms with E-state index in [0.717, 1.165) is 46.9 Å². The number of thiophene rings is 1. The smallest absolute Gasteiger partial charge is 0.407 e. The highest BCUT2D eigenvalue weighted by atomic mass is 32.1. The van der Waals surface area contributed by atoms with Crippen molar-refractivity contribution in [2.24, 2.45) is 0 Å². The summed E-state index contributed by atoms with van der Waals surface area (Å²) in [5, 5.41) is 18.0. The number of aromatic nitrogens is 2. The third-order valence-corrected chi connectivity index (χ3v) is 8.82. The van der Waals surface area contributed by atoms with Gasteiger partial charge in [-0.25, -0.2) is 13.6 Å². The summed E-state index contributed by atoms with van der Waals surface area (Å²) in [4.78, 5) is 24.9. The van der Waals surface area contributed by atoms with Gasteiger partial charge in [-0.15, -0.1) is 21.5 Å². The van der Waals surface area contributed by atoms with Crippen molar-refractivity contribution in [3.63, 3.8) is 0 Å². The van der Waals surface area contributed by atoms with Gasteiger partial charge in [0.05, 0.1) is 31.0 Å². The van der Waals surface area contributed by atoms with Crippen LogP contribution in [0, 0.1) is 5.82 Å². The van der Waals surface area contributed by atoms with Crippen LogP contribution in [0.5, 0.6) is 5.75 Å². The molecule has 0 radical (unpaired) electrons. The fourth-order valence-electron chi connectivity index (χ4n) is 5.57. The quantitative estimate of drug-likeness (QED) is 0.178. The Morgan fingerprint density at radius 3 is 2.83 bits per heavy atom. The highest BCUT2D eigenvalue weighted by molar-refractivity contribution is 7.17. The third kappa shape index (κ3) is 7.01. The van der Waals surface area contributed by atoms with Crippen LogP contribution in [0.1, 0.15) is 11.1 Å². The van der Waals surface area contributed by atoms with Crippen LogP contribution < -0.4 is 15.4 Å². The number of nitrogens with one attached hydrogen (secondary N) is 2. The van der Waals surface area contributed by atoms with E-state index in [1.807, 2.05) is 11.4 Å². The van der Waals surface area contributed by atoms with Crippen LogP contribution in [-0.4, -0.2) is 85.4 Å². The molecule has 2 unspecified atom stereocenters. The SMILES string of the molecule is C=CC(=O)N1CC(F)C(OC(=O)NCCOCCOc2cc(F)ccc2-c2nnc(-c3ccc4c(c3)CCNC4)c3ccsc23)C1. The molecule has 0 spiro atoms. The fourth-order valence-corrected chi connectivity index (χ4v) is 6.47. The van der Waals surface area contributed by atoms with Crippen molar-refractivity contribution < 1.29 is 32.6 Å². The number of halogens is 2. The molecule has 0 bridgehead atoms. The van der Waals surface area contributed by atoms with E-state index in [1.54, 1.807) is 6.07 Å². The molecule has 2 aliphatic rings. The lowest BCUT2D eigenvalue weighted by atomic mass is 9.96. The molecule has 2 atom stereocenters. The van der Waals surface area contributed by atoms with Crippen molar-refractivity contribution in [3.8, 4) is 28.3 Å². The van der Waals surface area contributed by atoms with Crippen LogP contribution in [0.3, 0.4) is 0 Å². The van der Waals surface area contributed by atoms with Crippen LogP contribution >= 0.6 is 11.3 Å². The molecular weight excluding hydrogens is 616 g/mol. The Hall–Kier alpha value is -4.46. The number of ether oxygens (including phenoxy) is 3. The molecule has 10 nitrogen and oxygen atoms in total. The summed E-state index contributed by atoms with van der Waals surface area (Å²) in [5.74, 6) is -0.558. The minimum atomic E-state index is -1.47. The zero-order chi connectivity index (χ0) is 32.0. The second-order valence-electron chi connectivity index (χ2n) is 10.9. The number of rotatable bonds is 11. The summed E-state index contributed by atoms with van der Waals surface area (Å²) in [6.45, 7) is 5.53. The molecule has 4 heterocycles. The van der Waals surface area contributed by atoms with Gasteiger partial charge in [-0.2, -0.15) is 0 Å². The summed E-state index contributed by atoms with van der Waals surface area (Å²) >= 11 is 1.54. The van der Waals surface area contributed by atoms with Gasteiger partial charge in [0.1, 0.15) is 29.6 Å². The standard InChI is InChI=1S/C33H33F2N5O5S/c1-2-29(41)40-18-26(35)28(19-40)45-33(42)37-10-11-43-12-13-44-27-16-23(34)5-6-24(27)31-32-25(8-14-46-32)30(38-39-31)21-3-4-22-17-36-9-7-20(22)15-21/h2-6,8,14-16,26,28,36H,1,7,9-13,17-19H2,(H,37,42). The van der Waals surface area contributed by atoms with Crippen molar-refractivity contribution in [3.05, 3.63) is 77.4 Å². The maximum Gasteiger partial charge on any atom is 0.407 e. The van der Waals surface area contributed by atoms with Gasteiger partial charge >= 0.3 is 6.09 Å². The zero-order valence-corrected chi connectivity index (χ0v) is 25.8. The third-order valence-electron chi connectivity index (χ3n) is 7.89. The summed E-state index contributed by atoms with van der Waals surface area (Å²) in [5.41, 5.74) is 5.63.